The molecule has 36 heavy (non-hydrogen) atoms. The van der Waals surface area contributed by atoms with Crippen LogP contribution in [0, 0.1) is 4.91 Å². The van der Waals surface area contributed by atoms with E-state index in [2.05, 4.69) is 47.3 Å². The quantitative estimate of drug-likeness (QED) is 0.344. The first-order chi connectivity index (χ1) is 17.6. The zero-order valence-corrected chi connectivity index (χ0v) is 19.9. The average molecular weight is 487 g/mol. The number of nitrogens with two attached hydrogens (primary N) is 1. The molecule has 4 aromatic heterocycles. The molecule has 5 aromatic rings. The second kappa shape index (κ2) is 9.04. The minimum Gasteiger partial charge on any atom is -0.461 e. The third kappa shape index (κ3) is 3.94. The van der Waals surface area contributed by atoms with Crippen molar-refractivity contribution in [3.63, 3.8) is 0 Å². The normalized spacial score (nSPS) is 15.6. The third-order valence-electron chi connectivity index (χ3n) is 6.74. The van der Waals surface area contributed by atoms with Gasteiger partial charge in [-0.25, -0.2) is 9.67 Å². The zero-order valence-electron chi connectivity index (χ0n) is 19.9. The van der Waals surface area contributed by atoms with Gasteiger partial charge in [-0.05, 0) is 36.8 Å². The summed E-state index contributed by atoms with van der Waals surface area (Å²) in [5, 5.41) is 12.9. The number of benzene rings is 1. The highest BCUT2D eigenvalue weighted by Gasteiger charge is 2.20. The van der Waals surface area contributed by atoms with Gasteiger partial charge < -0.3 is 15.1 Å². The molecular formula is C24H26N10O2. The molecule has 1 aromatic carbocycles. The van der Waals surface area contributed by atoms with Gasteiger partial charge in [0, 0.05) is 38.4 Å². The molecule has 5 heterocycles. The fourth-order valence-electron chi connectivity index (χ4n) is 4.62. The van der Waals surface area contributed by atoms with Gasteiger partial charge in [-0.2, -0.15) is 19.5 Å². The lowest BCUT2D eigenvalue weighted by Crippen LogP contribution is -2.47. The molecule has 0 saturated carbocycles. The van der Waals surface area contributed by atoms with Gasteiger partial charge >= 0.3 is 0 Å². The van der Waals surface area contributed by atoms with Crippen molar-refractivity contribution in [2.45, 2.75) is 19.5 Å². The SMILES string of the molecule is CC(N=O)c1ccc(N2CCN(CCn3ncc4c3nc(N)n3nc(-c5ccco5)nc43)CC2)cc1. The Labute approximate surface area is 206 Å². The fourth-order valence-corrected chi connectivity index (χ4v) is 4.62. The van der Waals surface area contributed by atoms with E-state index in [4.69, 9.17) is 10.2 Å². The van der Waals surface area contributed by atoms with Crippen LogP contribution in [0.25, 0.3) is 28.3 Å². The molecule has 0 aliphatic carbocycles. The van der Waals surface area contributed by atoms with Gasteiger partial charge in [-0.3, -0.25) is 4.90 Å². The minimum atomic E-state index is -0.321. The van der Waals surface area contributed by atoms with Gasteiger partial charge in [0.05, 0.1) is 24.4 Å². The minimum absolute atomic E-state index is 0.252. The molecule has 0 spiro atoms. The van der Waals surface area contributed by atoms with Crippen LogP contribution >= 0.6 is 0 Å². The van der Waals surface area contributed by atoms with Gasteiger partial charge in [0.15, 0.2) is 17.1 Å². The van der Waals surface area contributed by atoms with Crippen molar-refractivity contribution in [1.29, 1.82) is 0 Å². The lowest BCUT2D eigenvalue weighted by molar-refractivity contribution is 0.245. The van der Waals surface area contributed by atoms with Crippen molar-refractivity contribution in [2.24, 2.45) is 5.18 Å². The number of nitrogens with zero attached hydrogens (tertiary/aromatic N) is 9. The maximum Gasteiger partial charge on any atom is 0.225 e. The van der Waals surface area contributed by atoms with Crippen LogP contribution in [0.1, 0.15) is 18.5 Å². The van der Waals surface area contributed by atoms with Crippen LogP contribution < -0.4 is 10.6 Å². The molecule has 6 rings (SSSR count). The number of aromatic nitrogens is 6. The molecule has 1 atom stereocenters. The van der Waals surface area contributed by atoms with Crippen molar-refractivity contribution in [1.82, 2.24) is 34.3 Å². The van der Waals surface area contributed by atoms with Crippen LogP contribution in [-0.2, 0) is 6.54 Å². The maximum atomic E-state index is 10.8. The van der Waals surface area contributed by atoms with Gasteiger partial charge in [0.2, 0.25) is 11.8 Å². The number of anilines is 2. The molecule has 1 aliphatic heterocycles. The predicted molar refractivity (Wildman–Crippen MR) is 135 cm³/mol. The van der Waals surface area contributed by atoms with E-state index >= 15 is 0 Å². The standard InChI is InChI=1S/C24H26N10O2/c1-16(30-35)17-4-6-18(7-5-17)32-11-8-31(9-12-32)10-13-33-22-19(15-26-33)23-27-21(20-3-2-14-36-20)29-34(23)24(25)28-22/h2-7,14-16H,8-13H2,1H3,(H2,25,28). The number of nitrogen functional groups attached to an aromatic ring is 1. The van der Waals surface area contributed by atoms with E-state index in [1.807, 2.05) is 16.8 Å². The average Bonchev–Trinajstić information content (AvgIpc) is 3.67. The van der Waals surface area contributed by atoms with Crippen LogP contribution in [0.4, 0.5) is 11.6 Å². The Hall–Kier alpha value is -4.32. The van der Waals surface area contributed by atoms with E-state index in [9.17, 15) is 4.91 Å². The number of rotatable bonds is 7. The van der Waals surface area contributed by atoms with Crippen molar-refractivity contribution in [2.75, 3.05) is 43.4 Å². The number of piperazine rings is 1. The van der Waals surface area contributed by atoms with E-state index in [1.54, 1.807) is 31.5 Å². The second-order valence-corrected chi connectivity index (χ2v) is 8.92. The summed E-state index contributed by atoms with van der Waals surface area (Å²) in [4.78, 5) is 24.7. The number of hydrogen-bond acceptors (Lipinski definition) is 10. The molecule has 0 radical (unpaired) electrons. The summed E-state index contributed by atoms with van der Waals surface area (Å²) in [6.07, 6.45) is 3.35. The van der Waals surface area contributed by atoms with E-state index in [0.29, 0.717) is 29.4 Å². The molecule has 0 amide bonds. The maximum absolute atomic E-state index is 10.8. The third-order valence-corrected chi connectivity index (χ3v) is 6.74. The van der Waals surface area contributed by atoms with Crippen LogP contribution in [0.15, 0.2) is 58.5 Å². The number of hydrogen-bond donors (Lipinski definition) is 1. The lowest BCUT2D eigenvalue weighted by Gasteiger charge is -2.36. The van der Waals surface area contributed by atoms with Crippen LogP contribution in [0.2, 0.25) is 0 Å². The zero-order chi connectivity index (χ0) is 24.6. The largest absolute Gasteiger partial charge is 0.461 e. The summed E-state index contributed by atoms with van der Waals surface area (Å²) < 4.78 is 8.82. The van der Waals surface area contributed by atoms with Crippen molar-refractivity contribution >= 4 is 28.3 Å². The number of nitroso groups, excluding NO2 is 1. The van der Waals surface area contributed by atoms with Crippen LogP contribution in [0.3, 0.4) is 0 Å². The highest BCUT2D eigenvalue weighted by atomic mass is 16.3. The molecular weight excluding hydrogens is 460 g/mol. The Kier molecular flexibility index (Phi) is 5.56. The molecule has 2 N–H and O–H groups in total. The molecule has 1 saturated heterocycles. The first-order valence-corrected chi connectivity index (χ1v) is 11.9. The molecule has 1 fully saturated rings. The van der Waals surface area contributed by atoms with E-state index in [-0.39, 0.29) is 12.0 Å². The Morgan fingerprint density at radius 1 is 1.06 bits per heavy atom. The Morgan fingerprint density at radius 3 is 2.58 bits per heavy atom. The topological polar surface area (TPSA) is 136 Å². The summed E-state index contributed by atoms with van der Waals surface area (Å²) in [5.41, 5.74) is 9.60. The molecule has 12 heteroatoms. The van der Waals surface area contributed by atoms with Gasteiger partial charge in [0.1, 0.15) is 6.04 Å². The van der Waals surface area contributed by atoms with E-state index in [0.717, 1.165) is 43.7 Å². The van der Waals surface area contributed by atoms with Crippen molar-refractivity contribution < 1.29 is 4.42 Å². The molecule has 1 unspecified atom stereocenters. The van der Waals surface area contributed by atoms with Crippen molar-refractivity contribution in [3.8, 4) is 11.6 Å². The lowest BCUT2D eigenvalue weighted by atomic mass is 10.1. The summed E-state index contributed by atoms with van der Waals surface area (Å²) in [5.74, 6) is 1.28. The summed E-state index contributed by atoms with van der Waals surface area (Å²) in [7, 11) is 0. The first kappa shape index (κ1) is 22.2. The number of fused-ring (bicyclic) bond motifs is 3. The van der Waals surface area contributed by atoms with Crippen LogP contribution in [0.5, 0.6) is 0 Å². The summed E-state index contributed by atoms with van der Waals surface area (Å²) in [6.45, 7) is 7.11. The summed E-state index contributed by atoms with van der Waals surface area (Å²) in [6, 6.07) is 11.4. The Bertz CT molecular complexity index is 1500. The molecule has 184 valence electrons. The monoisotopic (exact) mass is 486 g/mol. The fraction of sp³-hybridized carbons (Fsp3) is 0.333. The Morgan fingerprint density at radius 2 is 1.86 bits per heavy atom. The van der Waals surface area contributed by atoms with Crippen LogP contribution in [-0.4, -0.2) is 67.0 Å². The second-order valence-electron chi connectivity index (χ2n) is 8.92. The van der Waals surface area contributed by atoms with Gasteiger partial charge in [-0.15, -0.1) is 5.10 Å². The molecule has 1 aliphatic rings. The van der Waals surface area contributed by atoms with E-state index < -0.39 is 0 Å². The summed E-state index contributed by atoms with van der Waals surface area (Å²) >= 11 is 0. The van der Waals surface area contributed by atoms with E-state index in [1.165, 1.54) is 10.2 Å². The molecule has 12 nitrogen and oxygen atoms in total. The highest BCUT2D eigenvalue weighted by Crippen LogP contribution is 2.24. The predicted octanol–water partition coefficient (Wildman–Crippen LogP) is 2.97. The Balaban J connectivity index is 1.12. The highest BCUT2D eigenvalue weighted by molar-refractivity contribution is 5.90. The van der Waals surface area contributed by atoms with Gasteiger partial charge in [-0.1, -0.05) is 17.3 Å². The van der Waals surface area contributed by atoms with Gasteiger partial charge in [0.25, 0.3) is 0 Å². The smallest absolute Gasteiger partial charge is 0.225 e. The number of furan rings is 1. The first-order valence-electron chi connectivity index (χ1n) is 11.9. The molecule has 0 bridgehead atoms. The van der Waals surface area contributed by atoms with Crippen molar-refractivity contribution in [3.05, 3.63) is 59.3 Å².